The second-order valence-electron chi connectivity index (χ2n) is 6.12. The molecular weight excluding hydrogens is 376 g/mol. The lowest BCUT2D eigenvalue weighted by atomic mass is 9.87. The van der Waals surface area contributed by atoms with Gasteiger partial charge in [0.15, 0.2) is 5.78 Å². The molecule has 2 aromatic heterocycles. The van der Waals surface area contributed by atoms with Crippen LogP contribution in [0.5, 0.6) is 0 Å². The maximum atomic E-state index is 12.9. The number of rotatable bonds is 5. The maximum Gasteiger partial charge on any atom is 0.164 e. The first-order valence-corrected chi connectivity index (χ1v) is 8.96. The molecule has 0 saturated heterocycles. The topological polar surface area (TPSA) is 42.9 Å². The van der Waals surface area contributed by atoms with Gasteiger partial charge in [-0.3, -0.25) is 14.8 Å². The highest BCUT2D eigenvalue weighted by molar-refractivity contribution is 9.10. The van der Waals surface area contributed by atoms with E-state index >= 15 is 0 Å². The van der Waals surface area contributed by atoms with Gasteiger partial charge >= 0.3 is 0 Å². The number of aromatic nitrogens is 2. The average Bonchev–Trinajstić information content (AvgIpc) is 2.61. The highest BCUT2D eigenvalue weighted by atomic mass is 79.9. The second kappa shape index (κ2) is 7.70. The molecule has 1 unspecified atom stereocenters. The summed E-state index contributed by atoms with van der Waals surface area (Å²) in [4.78, 5) is 21.6. The molecule has 0 fully saturated rings. The zero-order valence-corrected chi connectivity index (χ0v) is 15.8. The van der Waals surface area contributed by atoms with Gasteiger partial charge in [-0.25, -0.2) is 0 Å². The van der Waals surface area contributed by atoms with Crippen molar-refractivity contribution in [2.24, 2.45) is 0 Å². The summed E-state index contributed by atoms with van der Waals surface area (Å²) in [6.07, 6.45) is 3.85. The highest BCUT2D eigenvalue weighted by Gasteiger charge is 2.22. The molecule has 1 atom stereocenters. The van der Waals surface area contributed by atoms with Gasteiger partial charge in [-0.1, -0.05) is 34.1 Å². The number of ketones is 1. The zero-order valence-electron chi connectivity index (χ0n) is 14.2. The number of aryl methyl sites for hydroxylation is 2. The number of halogens is 1. The molecule has 1 aromatic carbocycles. The van der Waals surface area contributed by atoms with Crippen LogP contribution in [0.4, 0.5) is 0 Å². The van der Waals surface area contributed by atoms with Crippen molar-refractivity contribution in [1.29, 1.82) is 0 Å². The van der Waals surface area contributed by atoms with Gasteiger partial charge in [0, 0.05) is 40.5 Å². The number of Topliss-reactive ketones (excluding diaryl/α,β-unsaturated/α-hetero) is 1. The third-order valence-corrected chi connectivity index (χ3v) is 4.79. The van der Waals surface area contributed by atoms with Crippen molar-refractivity contribution < 1.29 is 4.79 Å². The molecule has 0 amide bonds. The molecule has 0 N–H and O–H groups in total. The molecule has 0 radical (unpaired) electrons. The van der Waals surface area contributed by atoms with Gasteiger partial charge in [0.1, 0.15) is 0 Å². The van der Waals surface area contributed by atoms with Crippen molar-refractivity contribution in [3.8, 4) is 0 Å². The van der Waals surface area contributed by atoms with E-state index in [0.717, 1.165) is 27.0 Å². The third-order valence-electron chi connectivity index (χ3n) is 4.26. The van der Waals surface area contributed by atoms with E-state index in [1.807, 2.05) is 56.3 Å². The average molecular weight is 395 g/mol. The van der Waals surface area contributed by atoms with Gasteiger partial charge in [0.25, 0.3) is 0 Å². The number of hydrogen-bond acceptors (Lipinski definition) is 3. The zero-order chi connectivity index (χ0) is 17.8. The predicted octanol–water partition coefficient (Wildman–Crippen LogP) is 5.26. The van der Waals surface area contributed by atoms with Gasteiger partial charge in [-0.05, 0) is 55.3 Å². The second-order valence-corrected chi connectivity index (χ2v) is 7.04. The molecule has 25 heavy (non-hydrogen) atoms. The summed E-state index contributed by atoms with van der Waals surface area (Å²) >= 11 is 3.47. The van der Waals surface area contributed by atoms with E-state index in [4.69, 9.17) is 0 Å². The van der Waals surface area contributed by atoms with E-state index in [1.165, 1.54) is 0 Å². The Bertz CT molecular complexity index is 890. The summed E-state index contributed by atoms with van der Waals surface area (Å²) < 4.78 is 1.02. The summed E-state index contributed by atoms with van der Waals surface area (Å²) in [7, 11) is 0. The predicted molar refractivity (Wildman–Crippen MR) is 103 cm³/mol. The number of carbonyl (C=O) groups is 1. The van der Waals surface area contributed by atoms with Crippen molar-refractivity contribution in [1.82, 2.24) is 9.97 Å². The first-order chi connectivity index (χ1) is 12.0. The van der Waals surface area contributed by atoms with Crippen LogP contribution in [-0.2, 0) is 0 Å². The van der Waals surface area contributed by atoms with Crippen molar-refractivity contribution in [3.05, 3.63) is 93.5 Å². The van der Waals surface area contributed by atoms with Crippen LogP contribution >= 0.6 is 15.9 Å². The Balaban J connectivity index is 1.98. The Hall–Kier alpha value is -2.33. The molecule has 3 nitrogen and oxygen atoms in total. The molecule has 126 valence electrons. The van der Waals surface area contributed by atoms with E-state index in [1.54, 1.807) is 18.5 Å². The monoisotopic (exact) mass is 394 g/mol. The molecule has 4 heteroatoms. The Morgan fingerprint density at radius 1 is 1.04 bits per heavy atom. The first-order valence-electron chi connectivity index (χ1n) is 8.17. The minimum Gasteiger partial charge on any atom is -0.294 e. The minimum atomic E-state index is -0.0738. The highest BCUT2D eigenvalue weighted by Crippen LogP contribution is 2.31. The normalized spacial score (nSPS) is 12.0. The maximum absolute atomic E-state index is 12.9. The van der Waals surface area contributed by atoms with Crippen LogP contribution in [-0.4, -0.2) is 15.8 Å². The van der Waals surface area contributed by atoms with Crippen molar-refractivity contribution in [3.63, 3.8) is 0 Å². The fourth-order valence-corrected chi connectivity index (χ4v) is 3.22. The van der Waals surface area contributed by atoms with Crippen LogP contribution in [0.25, 0.3) is 0 Å². The molecule has 0 aliphatic heterocycles. The van der Waals surface area contributed by atoms with Crippen LogP contribution < -0.4 is 0 Å². The number of pyridine rings is 2. The lowest BCUT2D eigenvalue weighted by Gasteiger charge is -2.18. The fourth-order valence-electron chi connectivity index (χ4n) is 2.95. The summed E-state index contributed by atoms with van der Waals surface area (Å²) in [6.45, 7) is 3.93. The third kappa shape index (κ3) is 4.20. The van der Waals surface area contributed by atoms with Crippen LogP contribution in [0.3, 0.4) is 0 Å². The van der Waals surface area contributed by atoms with Crippen molar-refractivity contribution in [2.75, 3.05) is 0 Å². The van der Waals surface area contributed by atoms with Crippen molar-refractivity contribution >= 4 is 21.7 Å². The van der Waals surface area contributed by atoms with E-state index in [9.17, 15) is 4.79 Å². The summed E-state index contributed by atoms with van der Waals surface area (Å²) in [6, 6.07) is 15.7. The van der Waals surface area contributed by atoms with Gasteiger partial charge in [0.2, 0.25) is 0 Å². The van der Waals surface area contributed by atoms with E-state index in [-0.39, 0.29) is 11.7 Å². The fraction of sp³-hybridized carbons (Fsp3) is 0.190. The van der Waals surface area contributed by atoms with E-state index in [2.05, 4.69) is 25.9 Å². The molecule has 0 aliphatic carbocycles. The number of hydrogen-bond donors (Lipinski definition) is 0. The van der Waals surface area contributed by atoms with Gasteiger partial charge in [-0.15, -0.1) is 0 Å². The molecule has 0 bridgehead atoms. The number of benzene rings is 1. The Morgan fingerprint density at radius 3 is 2.48 bits per heavy atom. The van der Waals surface area contributed by atoms with E-state index < -0.39 is 0 Å². The van der Waals surface area contributed by atoms with Crippen LogP contribution in [0.1, 0.15) is 45.2 Å². The van der Waals surface area contributed by atoms with Gasteiger partial charge < -0.3 is 0 Å². The number of nitrogens with zero attached hydrogens (tertiary/aromatic N) is 2. The standard InChI is InChI=1S/C21H19BrN2O/c1-14-4-3-10-24-21(14)19(16-5-7-18(22)8-6-16)13-20(25)17-9-11-23-15(2)12-17/h3-12,19H,13H2,1-2H3. The smallest absolute Gasteiger partial charge is 0.164 e. The lowest BCUT2D eigenvalue weighted by Crippen LogP contribution is -2.12. The molecular formula is C21H19BrN2O. The van der Waals surface area contributed by atoms with Crippen LogP contribution in [0.2, 0.25) is 0 Å². The molecule has 2 heterocycles. The Labute approximate surface area is 156 Å². The molecule has 0 spiro atoms. The SMILES string of the molecule is Cc1cc(C(=O)CC(c2ccc(Br)cc2)c2ncccc2C)ccn1. The molecule has 3 aromatic rings. The summed E-state index contributed by atoms with van der Waals surface area (Å²) in [5, 5.41) is 0. The van der Waals surface area contributed by atoms with Crippen LogP contribution in [0, 0.1) is 13.8 Å². The summed E-state index contributed by atoms with van der Waals surface area (Å²) in [5.74, 6) is 0.0266. The Morgan fingerprint density at radius 2 is 1.80 bits per heavy atom. The van der Waals surface area contributed by atoms with Crippen molar-refractivity contribution in [2.45, 2.75) is 26.2 Å². The van der Waals surface area contributed by atoms with Gasteiger partial charge in [-0.2, -0.15) is 0 Å². The van der Waals surface area contributed by atoms with Gasteiger partial charge in [0.05, 0.1) is 5.69 Å². The molecule has 0 aliphatic rings. The lowest BCUT2D eigenvalue weighted by molar-refractivity contribution is 0.0977. The minimum absolute atomic E-state index is 0.0738. The summed E-state index contributed by atoms with van der Waals surface area (Å²) in [5.41, 5.74) is 4.67. The molecule has 0 saturated carbocycles. The number of carbonyl (C=O) groups excluding carboxylic acids is 1. The largest absolute Gasteiger partial charge is 0.294 e. The van der Waals surface area contributed by atoms with E-state index in [0.29, 0.717) is 12.0 Å². The Kier molecular flexibility index (Phi) is 5.39. The van der Waals surface area contributed by atoms with Crippen LogP contribution in [0.15, 0.2) is 65.4 Å². The molecule has 3 rings (SSSR count). The first kappa shape index (κ1) is 17.5. The quantitative estimate of drug-likeness (QED) is 0.554.